The van der Waals surface area contributed by atoms with Gasteiger partial charge in [-0.05, 0) is 31.4 Å². The van der Waals surface area contributed by atoms with Gasteiger partial charge in [0.25, 0.3) is 9.70 Å². The maximum atomic E-state index is 11.8. The second-order valence-electron chi connectivity index (χ2n) is 4.64. The molecular weight excluding hydrogens is 342 g/mol. The van der Waals surface area contributed by atoms with Gasteiger partial charge in [0.2, 0.25) is 0 Å². The number of benzene rings is 1. The van der Waals surface area contributed by atoms with Crippen LogP contribution in [0.15, 0.2) is 18.2 Å². The summed E-state index contributed by atoms with van der Waals surface area (Å²) in [7, 11) is 0. The number of para-hydroxylation sites is 1. The van der Waals surface area contributed by atoms with E-state index in [-0.39, 0.29) is 0 Å². The van der Waals surface area contributed by atoms with Gasteiger partial charge in [-0.15, -0.1) is 0 Å². The number of carbonyl (C=O) groups excluding carboxylic acids is 1. The highest BCUT2D eigenvalue weighted by Gasteiger charge is 2.31. The molecule has 0 bridgehead atoms. The summed E-state index contributed by atoms with van der Waals surface area (Å²) < 4.78 is -2.00. The van der Waals surface area contributed by atoms with E-state index in [1.165, 1.54) is 6.42 Å². The van der Waals surface area contributed by atoms with Gasteiger partial charge in [0.05, 0.1) is 16.4 Å². The van der Waals surface area contributed by atoms with Gasteiger partial charge in [-0.3, -0.25) is 4.79 Å². The average molecular weight is 356 g/mol. The van der Waals surface area contributed by atoms with Crippen LogP contribution in [0.1, 0.15) is 19.3 Å². The number of nitrogens with one attached hydrogen (secondary N) is 1. The van der Waals surface area contributed by atoms with Crippen LogP contribution in [0.5, 0.6) is 0 Å². The number of carbonyl (C=O) groups is 1. The molecule has 1 fully saturated rings. The molecule has 1 N–H and O–H groups in total. The van der Waals surface area contributed by atoms with E-state index in [4.69, 9.17) is 46.4 Å². The third kappa shape index (κ3) is 3.85. The number of amides is 1. The highest BCUT2D eigenvalue weighted by molar-refractivity contribution is 6.76. The maximum absolute atomic E-state index is 11.8. The van der Waals surface area contributed by atoms with E-state index in [0.717, 1.165) is 31.6 Å². The molecule has 0 saturated carbocycles. The highest BCUT2D eigenvalue weighted by Crippen LogP contribution is 2.37. The van der Waals surface area contributed by atoms with Crippen molar-refractivity contribution < 1.29 is 4.79 Å². The molecule has 110 valence electrons. The fraction of sp³-hybridized carbons (Fsp3) is 0.462. The fourth-order valence-corrected chi connectivity index (χ4v) is 2.68. The number of anilines is 2. The Hall–Kier alpha value is -0.350. The van der Waals surface area contributed by atoms with Crippen molar-refractivity contribution in [3.05, 3.63) is 23.2 Å². The Morgan fingerprint density at radius 2 is 1.80 bits per heavy atom. The van der Waals surface area contributed by atoms with E-state index in [2.05, 4.69) is 10.2 Å². The third-order valence-corrected chi connectivity index (χ3v) is 3.98. The largest absolute Gasteiger partial charge is 0.369 e. The summed E-state index contributed by atoms with van der Waals surface area (Å²) >= 11 is 23.0. The van der Waals surface area contributed by atoms with Gasteiger partial charge in [0, 0.05) is 13.1 Å². The zero-order valence-corrected chi connectivity index (χ0v) is 13.7. The van der Waals surface area contributed by atoms with Gasteiger partial charge < -0.3 is 10.2 Å². The van der Waals surface area contributed by atoms with Gasteiger partial charge >= 0.3 is 0 Å². The Bertz CT molecular complexity index is 496. The molecule has 2 rings (SSSR count). The molecule has 0 atom stereocenters. The number of alkyl halides is 3. The van der Waals surface area contributed by atoms with Crippen LogP contribution in [0, 0.1) is 0 Å². The lowest BCUT2D eigenvalue weighted by molar-refractivity contribution is -0.115. The van der Waals surface area contributed by atoms with Crippen molar-refractivity contribution in [3.63, 3.8) is 0 Å². The van der Waals surface area contributed by atoms with Crippen LogP contribution >= 0.6 is 46.4 Å². The standard InChI is InChI=1S/C13H14Cl4N2O/c14-9-5-4-6-10(18-12(20)13(15,16)17)11(9)19-7-2-1-3-8-19/h4-6H,1-3,7-8H2,(H,18,20). The molecule has 20 heavy (non-hydrogen) atoms. The smallest absolute Gasteiger partial charge is 0.276 e. The van der Waals surface area contributed by atoms with Crippen molar-refractivity contribution in [1.82, 2.24) is 0 Å². The van der Waals surface area contributed by atoms with Crippen LogP contribution < -0.4 is 10.2 Å². The number of nitrogens with zero attached hydrogens (tertiary/aromatic N) is 1. The molecule has 3 nitrogen and oxygen atoms in total. The van der Waals surface area contributed by atoms with E-state index in [1.807, 2.05) is 0 Å². The first kappa shape index (κ1) is 16.0. The van der Waals surface area contributed by atoms with Crippen LogP contribution in [0.3, 0.4) is 0 Å². The predicted molar refractivity (Wildman–Crippen MR) is 86.4 cm³/mol. The van der Waals surface area contributed by atoms with Crippen molar-refractivity contribution in [2.75, 3.05) is 23.3 Å². The summed E-state index contributed by atoms with van der Waals surface area (Å²) in [4.78, 5) is 14.0. The van der Waals surface area contributed by atoms with E-state index in [0.29, 0.717) is 10.7 Å². The van der Waals surface area contributed by atoms with Crippen LogP contribution in [0.2, 0.25) is 5.02 Å². The molecule has 1 amide bonds. The van der Waals surface area contributed by atoms with Gasteiger partial charge in [-0.25, -0.2) is 0 Å². The van der Waals surface area contributed by atoms with Gasteiger partial charge in [0.1, 0.15) is 0 Å². The third-order valence-electron chi connectivity index (χ3n) is 3.16. The van der Waals surface area contributed by atoms with Crippen LogP contribution in [0.4, 0.5) is 11.4 Å². The quantitative estimate of drug-likeness (QED) is 0.784. The SMILES string of the molecule is O=C(Nc1cccc(Cl)c1N1CCCCC1)C(Cl)(Cl)Cl. The molecule has 0 aromatic heterocycles. The molecule has 1 aromatic rings. The van der Waals surface area contributed by atoms with Crippen molar-refractivity contribution >= 4 is 63.7 Å². The minimum absolute atomic E-state index is 0.565. The molecule has 1 heterocycles. The lowest BCUT2D eigenvalue weighted by atomic mass is 10.1. The van der Waals surface area contributed by atoms with Crippen LogP contribution in [-0.2, 0) is 4.79 Å². The summed E-state index contributed by atoms with van der Waals surface area (Å²) in [5, 5.41) is 3.21. The van der Waals surface area contributed by atoms with E-state index >= 15 is 0 Å². The zero-order valence-electron chi connectivity index (χ0n) is 10.6. The van der Waals surface area contributed by atoms with Crippen molar-refractivity contribution in [2.45, 2.75) is 23.1 Å². The molecule has 0 radical (unpaired) electrons. The average Bonchev–Trinajstić information content (AvgIpc) is 2.39. The Morgan fingerprint density at radius 1 is 1.15 bits per heavy atom. The number of rotatable bonds is 2. The Balaban J connectivity index is 2.28. The molecule has 0 unspecified atom stereocenters. The number of hydrogen-bond donors (Lipinski definition) is 1. The zero-order chi connectivity index (χ0) is 14.8. The fourth-order valence-electron chi connectivity index (χ4n) is 2.25. The summed E-state index contributed by atoms with van der Waals surface area (Å²) in [5.74, 6) is -0.692. The van der Waals surface area contributed by atoms with Gasteiger partial charge in [-0.1, -0.05) is 52.5 Å². The molecule has 1 saturated heterocycles. The van der Waals surface area contributed by atoms with Crippen LogP contribution in [0.25, 0.3) is 0 Å². The second kappa shape index (κ2) is 6.61. The van der Waals surface area contributed by atoms with Crippen molar-refractivity contribution in [2.24, 2.45) is 0 Å². The summed E-state index contributed by atoms with van der Waals surface area (Å²) in [6.45, 7) is 1.81. The molecule has 0 spiro atoms. The van der Waals surface area contributed by atoms with E-state index in [1.54, 1.807) is 18.2 Å². The second-order valence-corrected chi connectivity index (χ2v) is 7.32. The number of hydrogen-bond acceptors (Lipinski definition) is 2. The lowest BCUT2D eigenvalue weighted by Gasteiger charge is -2.31. The summed E-state index contributed by atoms with van der Waals surface area (Å²) in [5.41, 5.74) is 1.35. The van der Waals surface area contributed by atoms with Crippen molar-refractivity contribution in [1.29, 1.82) is 0 Å². The molecule has 7 heteroatoms. The monoisotopic (exact) mass is 354 g/mol. The number of halogens is 4. The van der Waals surface area contributed by atoms with Crippen molar-refractivity contribution in [3.8, 4) is 0 Å². The molecule has 0 aliphatic carbocycles. The van der Waals surface area contributed by atoms with Gasteiger partial charge in [0.15, 0.2) is 0 Å². The summed E-state index contributed by atoms with van der Waals surface area (Å²) in [6, 6.07) is 5.30. The minimum Gasteiger partial charge on any atom is -0.369 e. The first-order valence-corrected chi connectivity index (χ1v) is 7.82. The first-order valence-electron chi connectivity index (χ1n) is 6.31. The Morgan fingerprint density at radius 3 is 2.40 bits per heavy atom. The predicted octanol–water partition coefficient (Wildman–Crippen LogP) is 4.64. The molecular formula is C13H14Cl4N2O. The lowest BCUT2D eigenvalue weighted by Crippen LogP contribution is -2.32. The maximum Gasteiger partial charge on any atom is 0.276 e. The summed E-state index contributed by atoms with van der Waals surface area (Å²) in [6.07, 6.45) is 3.41. The number of piperidine rings is 1. The normalized spacial score (nSPS) is 16.1. The van der Waals surface area contributed by atoms with E-state index < -0.39 is 9.70 Å². The molecule has 1 aromatic carbocycles. The molecule has 1 aliphatic rings. The first-order chi connectivity index (χ1) is 9.39. The van der Waals surface area contributed by atoms with E-state index in [9.17, 15) is 4.79 Å². The van der Waals surface area contributed by atoms with Gasteiger partial charge in [-0.2, -0.15) is 0 Å². The Labute approximate surface area is 138 Å². The topological polar surface area (TPSA) is 32.3 Å². The van der Waals surface area contributed by atoms with Crippen LogP contribution in [-0.4, -0.2) is 22.8 Å². The molecule has 1 aliphatic heterocycles. The highest BCUT2D eigenvalue weighted by atomic mass is 35.6. The minimum atomic E-state index is -2.00. The Kier molecular flexibility index (Phi) is 5.30.